The SMILES string of the molecule is O=C(O)COCC(=O)N1CCCC1c1c(F)ccc(Cl)c1F. The summed E-state index contributed by atoms with van der Waals surface area (Å²) < 4.78 is 32.8. The lowest BCUT2D eigenvalue weighted by molar-refractivity contribution is -0.146. The highest BCUT2D eigenvalue weighted by molar-refractivity contribution is 6.30. The number of halogens is 3. The molecule has 0 aromatic heterocycles. The first-order chi connectivity index (χ1) is 10.4. The number of carbonyl (C=O) groups is 2. The monoisotopic (exact) mass is 333 g/mol. The zero-order chi connectivity index (χ0) is 16.3. The van der Waals surface area contributed by atoms with Crippen molar-refractivity contribution in [1.29, 1.82) is 0 Å². The second kappa shape index (κ2) is 7.02. The van der Waals surface area contributed by atoms with Crippen LogP contribution in [-0.4, -0.2) is 41.6 Å². The van der Waals surface area contributed by atoms with E-state index < -0.39 is 42.8 Å². The lowest BCUT2D eigenvalue weighted by atomic mass is 10.0. The average molecular weight is 334 g/mol. The number of nitrogens with zero attached hydrogens (tertiary/aromatic N) is 1. The van der Waals surface area contributed by atoms with Crippen LogP contribution in [0.4, 0.5) is 8.78 Å². The fourth-order valence-corrected chi connectivity index (χ4v) is 2.69. The quantitative estimate of drug-likeness (QED) is 0.840. The summed E-state index contributed by atoms with van der Waals surface area (Å²) in [6, 6.07) is 1.41. The highest BCUT2D eigenvalue weighted by Crippen LogP contribution is 2.36. The number of carboxylic acid groups (broad SMARTS) is 1. The highest BCUT2D eigenvalue weighted by Gasteiger charge is 2.34. The summed E-state index contributed by atoms with van der Waals surface area (Å²) in [5, 5.41) is 8.25. The van der Waals surface area contributed by atoms with Crippen LogP contribution >= 0.6 is 11.6 Å². The maximum absolute atomic E-state index is 14.1. The van der Waals surface area contributed by atoms with Gasteiger partial charge in [-0.2, -0.15) is 0 Å². The van der Waals surface area contributed by atoms with E-state index in [0.29, 0.717) is 19.4 Å². The molecule has 8 heteroatoms. The van der Waals surface area contributed by atoms with Gasteiger partial charge in [-0.15, -0.1) is 0 Å². The predicted molar refractivity (Wildman–Crippen MR) is 73.5 cm³/mol. The molecule has 1 amide bonds. The lowest BCUT2D eigenvalue weighted by Gasteiger charge is -2.25. The molecule has 1 saturated heterocycles. The molecule has 1 aromatic rings. The number of hydrogen-bond donors (Lipinski definition) is 1. The van der Waals surface area contributed by atoms with Gasteiger partial charge in [-0.25, -0.2) is 13.6 Å². The number of likely N-dealkylation sites (tertiary alicyclic amines) is 1. The summed E-state index contributed by atoms with van der Waals surface area (Å²) in [6.07, 6.45) is 0.986. The van der Waals surface area contributed by atoms with Crippen LogP contribution in [0.5, 0.6) is 0 Å². The number of aliphatic carboxylic acids is 1. The Labute approximate surface area is 130 Å². The van der Waals surface area contributed by atoms with Crippen LogP contribution < -0.4 is 0 Å². The molecule has 1 atom stereocenters. The summed E-state index contributed by atoms with van der Waals surface area (Å²) in [4.78, 5) is 23.7. The first kappa shape index (κ1) is 16.6. The number of carboxylic acids is 1. The molecule has 1 aliphatic rings. The van der Waals surface area contributed by atoms with Crippen LogP contribution in [0.3, 0.4) is 0 Å². The normalized spacial score (nSPS) is 17.8. The Balaban J connectivity index is 2.16. The number of ether oxygens (including phenoxy) is 1. The van der Waals surface area contributed by atoms with Crippen LogP contribution in [0, 0.1) is 11.6 Å². The van der Waals surface area contributed by atoms with Crippen molar-refractivity contribution in [3.8, 4) is 0 Å². The second-order valence-electron chi connectivity index (χ2n) is 4.89. The van der Waals surface area contributed by atoms with Crippen molar-refractivity contribution in [3.05, 3.63) is 34.4 Å². The third kappa shape index (κ3) is 3.53. The zero-order valence-electron chi connectivity index (χ0n) is 11.5. The van der Waals surface area contributed by atoms with Crippen molar-refractivity contribution in [3.63, 3.8) is 0 Å². The molecular formula is C14H14ClF2NO4. The minimum Gasteiger partial charge on any atom is -0.480 e. The van der Waals surface area contributed by atoms with Crippen molar-refractivity contribution in [2.45, 2.75) is 18.9 Å². The number of carbonyl (C=O) groups excluding carboxylic acids is 1. The van der Waals surface area contributed by atoms with E-state index in [1.54, 1.807) is 0 Å². The van der Waals surface area contributed by atoms with Crippen LogP contribution in [0.25, 0.3) is 0 Å². The maximum atomic E-state index is 14.1. The van der Waals surface area contributed by atoms with Crippen LogP contribution in [0.15, 0.2) is 12.1 Å². The number of hydrogen-bond acceptors (Lipinski definition) is 3. The molecule has 1 unspecified atom stereocenters. The molecule has 1 aliphatic heterocycles. The fourth-order valence-electron chi connectivity index (χ4n) is 2.52. The molecule has 1 aromatic carbocycles. The molecular weight excluding hydrogens is 320 g/mol. The average Bonchev–Trinajstić information content (AvgIpc) is 2.92. The molecule has 1 heterocycles. The van der Waals surface area contributed by atoms with Gasteiger partial charge in [-0.3, -0.25) is 4.79 Å². The topological polar surface area (TPSA) is 66.8 Å². The number of amides is 1. The van der Waals surface area contributed by atoms with E-state index in [1.165, 1.54) is 4.90 Å². The summed E-state index contributed by atoms with van der Waals surface area (Å²) in [6.45, 7) is -0.734. The van der Waals surface area contributed by atoms with Crippen molar-refractivity contribution in [1.82, 2.24) is 4.90 Å². The van der Waals surface area contributed by atoms with Gasteiger partial charge in [0.15, 0.2) is 0 Å². The second-order valence-corrected chi connectivity index (χ2v) is 5.30. The Morgan fingerprint density at radius 3 is 2.77 bits per heavy atom. The molecule has 1 N–H and O–H groups in total. The van der Waals surface area contributed by atoms with Gasteiger partial charge >= 0.3 is 5.97 Å². The first-order valence-electron chi connectivity index (χ1n) is 6.64. The van der Waals surface area contributed by atoms with Gasteiger partial charge in [0, 0.05) is 12.1 Å². The van der Waals surface area contributed by atoms with E-state index in [-0.39, 0.29) is 10.6 Å². The molecule has 120 valence electrons. The molecule has 2 rings (SSSR count). The van der Waals surface area contributed by atoms with Crippen LogP contribution in [0.1, 0.15) is 24.4 Å². The highest BCUT2D eigenvalue weighted by atomic mass is 35.5. The van der Waals surface area contributed by atoms with E-state index in [1.807, 2.05) is 0 Å². The third-order valence-electron chi connectivity index (χ3n) is 3.44. The van der Waals surface area contributed by atoms with Crippen LogP contribution in [0.2, 0.25) is 5.02 Å². The van der Waals surface area contributed by atoms with Gasteiger partial charge in [0.25, 0.3) is 0 Å². The van der Waals surface area contributed by atoms with Crippen molar-refractivity contribution in [2.24, 2.45) is 0 Å². The Bertz CT molecular complexity index is 596. The van der Waals surface area contributed by atoms with Gasteiger partial charge < -0.3 is 14.7 Å². The minimum atomic E-state index is -1.20. The summed E-state index contributed by atoms with van der Waals surface area (Å²) in [5.74, 6) is -3.35. The first-order valence-corrected chi connectivity index (χ1v) is 7.02. The van der Waals surface area contributed by atoms with E-state index in [4.69, 9.17) is 21.4 Å². The maximum Gasteiger partial charge on any atom is 0.329 e. The Hall–Kier alpha value is -1.73. The summed E-state index contributed by atoms with van der Waals surface area (Å²) in [7, 11) is 0. The van der Waals surface area contributed by atoms with E-state index >= 15 is 0 Å². The van der Waals surface area contributed by atoms with Crippen molar-refractivity contribution >= 4 is 23.5 Å². The molecule has 0 spiro atoms. The Kier molecular flexibility index (Phi) is 5.31. The smallest absolute Gasteiger partial charge is 0.329 e. The van der Waals surface area contributed by atoms with E-state index in [0.717, 1.165) is 12.1 Å². The zero-order valence-corrected chi connectivity index (χ0v) is 12.3. The molecule has 0 saturated carbocycles. The van der Waals surface area contributed by atoms with E-state index in [9.17, 15) is 18.4 Å². The molecule has 5 nitrogen and oxygen atoms in total. The molecule has 0 aliphatic carbocycles. The lowest BCUT2D eigenvalue weighted by Crippen LogP contribution is -2.34. The number of benzene rings is 1. The molecule has 22 heavy (non-hydrogen) atoms. The predicted octanol–water partition coefficient (Wildman–Crippen LogP) is 2.38. The standard InChI is InChI=1S/C14H14ClF2NO4/c15-8-3-4-9(16)13(14(8)17)10-2-1-5-18(10)11(19)6-22-7-12(20)21/h3-4,10H,1-2,5-7H2,(H,20,21). The summed E-state index contributed by atoms with van der Waals surface area (Å²) in [5.41, 5.74) is -0.239. The minimum absolute atomic E-state index is 0.210. The summed E-state index contributed by atoms with van der Waals surface area (Å²) >= 11 is 5.67. The van der Waals surface area contributed by atoms with Gasteiger partial charge in [0.05, 0.1) is 11.1 Å². The van der Waals surface area contributed by atoms with Gasteiger partial charge in [-0.05, 0) is 25.0 Å². The van der Waals surface area contributed by atoms with E-state index in [2.05, 4.69) is 0 Å². The molecule has 1 fully saturated rings. The molecule has 0 radical (unpaired) electrons. The molecule has 0 bridgehead atoms. The number of rotatable bonds is 5. The fraction of sp³-hybridized carbons (Fsp3) is 0.429. The van der Waals surface area contributed by atoms with Crippen LogP contribution in [-0.2, 0) is 14.3 Å². The van der Waals surface area contributed by atoms with Crippen molar-refractivity contribution < 1.29 is 28.2 Å². The van der Waals surface area contributed by atoms with Gasteiger partial charge in [-0.1, -0.05) is 11.6 Å². The third-order valence-corrected chi connectivity index (χ3v) is 3.73. The Morgan fingerprint density at radius 1 is 1.36 bits per heavy atom. The Morgan fingerprint density at radius 2 is 2.09 bits per heavy atom. The largest absolute Gasteiger partial charge is 0.480 e. The van der Waals surface area contributed by atoms with Gasteiger partial charge in [0.1, 0.15) is 24.8 Å². The van der Waals surface area contributed by atoms with Gasteiger partial charge in [0.2, 0.25) is 5.91 Å². The van der Waals surface area contributed by atoms with Crippen molar-refractivity contribution in [2.75, 3.05) is 19.8 Å².